The van der Waals surface area contributed by atoms with Gasteiger partial charge in [-0.1, -0.05) is 19.7 Å². The van der Waals surface area contributed by atoms with Gasteiger partial charge in [0.15, 0.2) is 0 Å². The molecule has 4 heteroatoms. The first-order valence-corrected chi connectivity index (χ1v) is 4.55. The average Bonchev–Trinajstić information content (AvgIpc) is 1.84. The number of thiol groups is 1. The van der Waals surface area contributed by atoms with Crippen LogP contribution in [0.25, 0.3) is 0 Å². The third kappa shape index (κ3) is 5.29. The Morgan fingerprint density at radius 1 is 1.50 bits per heavy atom. The largest absolute Gasteiger partial charge is 0.333 e. The van der Waals surface area contributed by atoms with Crippen LogP contribution in [0.1, 0.15) is 34.1 Å². The highest BCUT2D eigenvalue weighted by atomic mass is 32.1. The van der Waals surface area contributed by atoms with E-state index in [1.807, 2.05) is 27.7 Å². The van der Waals surface area contributed by atoms with Crippen molar-refractivity contribution in [2.75, 3.05) is 6.54 Å². The van der Waals surface area contributed by atoms with Crippen molar-refractivity contribution in [3.8, 4) is 0 Å². The molecule has 0 aromatic rings. The predicted molar refractivity (Wildman–Crippen MR) is 54.3 cm³/mol. The summed E-state index contributed by atoms with van der Waals surface area (Å²) in [5, 5.41) is 2.81. The van der Waals surface area contributed by atoms with Gasteiger partial charge in [0.2, 0.25) is 0 Å². The molecule has 0 saturated carbocycles. The van der Waals surface area contributed by atoms with E-state index in [0.29, 0.717) is 6.54 Å². The topological polar surface area (TPSA) is 32.3 Å². The number of carbonyl (C=O) groups is 1. The van der Waals surface area contributed by atoms with Crippen LogP contribution < -0.4 is 5.32 Å². The van der Waals surface area contributed by atoms with Gasteiger partial charge in [-0.2, -0.15) is 0 Å². The highest BCUT2D eigenvalue weighted by molar-refractivity contribution is 7.78. The first-order chi connectivity index (χ1) is 5.37. The van der Waals surface area contributed by atoms with Gasteiger partial charge in [0.25, 0.3) is 0 Å². The SMILES string of the molecule is CCCN(S)C(=O)NC(C)(C)C. The molecule has 0 unspecified atom stereocenters. The van der Waals surface area contributed by atoms with Crippen LogP contribution in [0.3, 0.4) is 0 Å². The zero-order valence-corrected chi connectivity index (χ0v) is 9.11. The maximum atomic E-state index is 11.3. The van der Waals surface area contributed by atoms with E-state index in [1.54, 1.807) is 0 Å². The van der Waals surface area contributed by atoms with E-state index in [9.17, 15) is 4.79 Å². The van der Waals surface area contributed by atoms with Crippen LogP contribution in [0, 0.1) is 0 Å². The smallest absolute Gasteiger partial charge is 0.327 e. The van der Waals surface area contributed by atoms with E-state index < -0.39 is 0 Å². The van der Waals surface area contributed by atoms with E-state index in [0.717, 1.165) is 6.42 Å². The first kappa shape index (κ1) is 11.6. The van der Waals surface area contributed by atoms with Crippen LogP contribution in [0.5, 0.6) is 0 Å². The Bertz CT molecular complexity index is 154. The van der Waals surface area contributed by atoms with Gasteiger partial charge in [0.1, 0.15) is 0 Å². The molecule has 0 fully saturated rings. The van der Waals surface area contributed by atoms with Crippen molar-refractivity contribution in [2.45, 2.75) is 39.7 Å². The number of nitrogens with zero attached hydrogens (tertiary/aromatic N) is 1. The van der Waals surface area contributed by atoms with Crippen molar-refractivity contribution in [3.05, 3.63) is 0 Å². The fraction of sp³-hybridized carbons (Fsp3) is 0.875. The van der Waals surface area contributed by atoms with Crippen LogP contribution >= 0.6 is 12.8 Å². The maximum absolute atomic E-state index is 11.3. The molecule has 0 aromatic carbocycles. The number of carbonyl (C=O) groups excluding carboxylic acids is 1. The Kier molecular flexibility index (Phi) is 4.45. The third-order valence-corrected chi connectivity index (χ3v) is 1.53. The Morgan fingerprint density at radius 2 is 2.00 bits per heavy atom. The van der Waals surface area contributed by atoms with Crippen molar-refractivity contribution in [3.63, 3.8) is 0 Å². The molecule has 0 bridgehead atoms. The maximum Gasteiger partial charge on any atom is 0.327 e. The van der Waals surface area contributed by atoms with Crippen LogP contribution in [0.15, 0.2) is 0 Å². The van der Waals surface area contributed by atoms with Gasteiger partial charge >= 0.3 is 6.03 Å². The summed E-state index contributed by atoms with van der Waals surface area (Å²) in [6.45, 7) is 8.51. The van der Waals surface area contributed by atoms with Gasteiger partial charge in [-0.3, -0.25) is 4.31 Å². The monoisotopic (exact) mass is 190 g/mol. The molecule has 0 atom stereocenters. The summed E-state index contributed by atoms with van der Waals surface area (Å²) >= 11 is 4.04. The minimum atomic E-state index is -0.189. The van der Waals surface area contributed by atoms with Crippen LogP contribution in [0.2, 0.25) is 0 Å². The average molecular weight is 190 g/mol. The molecule has 72 valence electrons. The summed E-state index contributed by atoms with van der Waals surface area (Å²) in [7, 11) is 0. The molecule has 0 aliphatic rings. The molecule has 0 radical (unpaired) electrons. The molecule has 12 heavy (non-hydrogen) atoms. The van der Waals surface area contributed by atoms with E-state index in [1.165, 1.54) is 4.31 Å². The second kappa shape index (κ2) is 4.60. The van der Waals surface area contributed by atoms with Crippen molar-refractivity contribution in [1.82, 2.24) is 9.62 Å². The summed E-state index contributed by atoms with van der Waals surface area (Å²) < 4.78 is 1.39. The van der Waals surface area contributed by atoms with Gasteiger partial charge in [0, 0.05) is 12.1 Å². The third-order valence-electron chi connectivity index (χ3n) is 1.15. The molecule has 0 rings (SSSR count). The number of hydrogen-bond donors (Lipinski definition) is 2. The lowest BCUT2D eigenvalue weighted by molar-refractivity contribution is 0.217. The Balaban J connectivity index is 3.87. The molecular weight excluding hydrogens is 172 g/mol. The van der Waals surface area contributed by atoms with Crippen molar-refractivity contribution in [1.29, 1.82) is 0 Å². The highest BCUT2D eigenvalue weighted by Crippen LogP contribution is 2.03. The molecule has 2 amide bonds. The van der Waals surface area contributed by atoms with Crippen molar-refractivity contribution >= 4 is 18.8 Å². The minimum Gasteiger partial charge on any atom is -0.333 e. The summed E-state index contributed by atoms with van der Waals surface area (Å²) in [6, 6.07) is -0.132. The van der Waals surface area contributed by atoms with Gasteiger partial charge in [-0.15, -0.1) is 0 Å². The highest BCUT2D eigenvalue weighted by Gasteiger charge is 2.16. The van der Waals surface area contributed by atoms with Crippen LogP contribution in [0.4, 0.5) is 4.79 Å². The summed E-state index contributed by atoms with van der Waals surface area (Å²) in [6.07, 6.45) is 0.918. The van der Waals surface area contributed by atoms with Gasteiger partial charge in [0.05, 0.1) is 0 Å². The number of rotatable bonds is 2. The van der Waals surface area contributed by atoms with E-state index in [4.69, 9.17) is 0 Å². The molecular formula is C8H18N2OS. The summed E-state index contributed by atoms with van der Waals surface area (Å²) in [4.78, 5) is 11.3. The Hall–Kier alpha value is -0.380. The van der Waals surface area contributed by atoms with E-state index >= 15 is 0 Å². The van der Waals surface area contributed by atoms with E-state index in [2.05, 4.69) is 18.1 Å². The zero-order chi connectivity index (χ0) is 9.78. The van der Waals surface area contributed by atoms with Crippen LogP contribution in [-0.4, -0.2) is 22.4 Å². The second-order valence-electron chi connectivity index (χ2n) is 3.80. The fourth-order valence-electron chi connectivity index (χ4n) is 0.699. The molecule has 0 aliphatic heterocycles. The van der Waals surface area contributed by atoms with Crippen molar-refractivity contribution in [2.24, 2.45) is 0 Å². The fourth-order valence-corrected chi connectivity index (χ4v) is 0.949. The molecule has 3 nitrogen and oxygen atoms in total. The predicted octanol–water partition coefficient (Wildman–Crippen LogP) is 2.05. The Labute approximate surface area is 80.1 Å². The lowest BCUT2D eigenvalue weighted by Gasteiger charge is -2.24. The number of hydrogen-bond acceptors (Lipinski definition) is 2. The van der Waals surface area contributed by atoms with Gasteiger partial charge in [-0.25, -0.2) is 4.79 Å². The number of urea groups is 1. The minimum absolute atomic E-state index is 0.132. The van der Waals surface area contributed by atoms with Gasteiger partial charge < -0.3 is 5.32 Å². The quantitative estimate of drug-likeness (QED) is 0.642. The van der Waals surface area contributed by atoms with Crippen LogP contribution in [-0.2, 0) is 0 Å². The van der Waals surface area contributed by atoms with Crippen molar-refractivity contribution < 1.29 is 4.79 Å². The Morgan fingerprint density at radius 3 is 2.33 bits per heavy atom. The number of nitrogens with one attached hydrogen (secondary N) is 1. The lowest BCUT2D eigenvalue weighted by Crippen LogP contribution is -2.45. The normalized spacial score (nSPS) is 11.1. The number of amides is 2. The lowest BCUT2D eigenvalue weighted by atomic mass is 10.1. The first-order valence-electron chi connectivity index (χ1n) is 4.15. The summed E-state index contributed by atoms with van der Waals surface area (Å²) in [5.41, 5.74) is -0.189. The molecule has 0 saturated heterocycles. The second-order valence-corrected chi connectivity index (χ2v) is 4.29. The summed E-state index contributed by atoms with van der Waals surface area (Å²) in [5.74, 6) is 0. The molecule has 0 spiro atoms. The molecule has 0 aromatic heterocycles. The molecule has 0 aliphatic carbocycles. The standard InChI is InChI=1S/C8H18N2OS/c1-5-6-10(12)7(11)9-8(2,3)4/h12H,5-6H2,1-4H3,(H,9,11). The zero-order valence-electron chi connectivity index (χ0n) is 8.22. The van der Waals surface area contributed by atoms with Gasteiger partial charge in [-0.05, 0) is 27.2 Å². The molecule has 0 heterocycles. The van der Waals surface area contributed by atoms with E-state index in [-0.39, 0.29) is 11.6 Å². The molecule has 1 N–H and O–H groups in total.